The minimum absolute atomic E-state index is 0.435. The first-order valence-electron chi connectivity index (χ1n) is 6.00. The van der Waals surface area contributed by atoms with Gasteiger partial charge in [-0.1, -0.05) is 0 Å². The van der Waals surface area contributed by atoms with Gasteiger partial charge in [-0.25, -0.2) is 9.59 Å². The number of benzene rings is 1. The number of aliphatic carboxylic acids is 2. The van der Waals surface area contributed by atoms with E-state index in [4.69, 9.17) is 14.9 Å². The lowest BCUT2D eigenvalue weighted by Crippen LogP contribution is -2.44. The molecule has 8 heteroatoms. The van der Waals surface area contributed by atoms with Crippen molar-refractivity contribution in [2.24, 2.45) is 0 Å². The molecule has 0 aliphatic heterocycles. The monoisotopic (exact) mass is 296 g/mol. The van der Waals surface area contributed by atoms with Crippen LogP contribution in [0.5, 0.6) is 5.75 Å². The summed E-state index contributed by atoms with van der Waals surface area (Å²) in [5, 5.41) is 21.9. The van der Waals surface area contributed by atoms with Gasteiger partial charge in [-0.15, -0.1) is 0 Å². The maximum Gasteiger partial charge on any atom is 0.326 e. The fraction of sp³-hybridized carbons (Fsp3) is 0.308. The summed E-state index contributed by atoms with van der Waals surface area (Å²) in [6.45, 7) is 1.78. The second-order valence-electron chi connectivity index (χ2n) is 4.27. The fourth-order valence-electron chi connectivity index (χ4n) is 1.66. The molecule has 0 radical (unpaired) electrons. The molecule has 0 spiro atoms. The molecule has 0 aliphatic rings. The topological polar surface area (TPSA) is 125 Å². The van der Waals surface area contributed by atoms with Crippen LogP contribution in [0.2, 0.25) is 0 Å². The van der Waals surface area contributed by atoms with Crippen molar-refractivity contribution in [3.8, 4) is 5.75 Å². The Bertz CT molecular complexity index is 558. The first kappa shape index (κ1) is 16.3. The van der Waals surface area contributed by atoms with Crippen molar-refractivity contribution in [3.63, 3.8) is 0 Å². The fourth-order valence-corrected chi connectivity index (χ4v) is 1.66. The Morgan fingerprint density at radius 3 is 2.43 bits per heavy atom. The minimum Gasteiger partial charge on any atom is -0.496 e. The molecule has 1 aromatic carbocycles. The molecule has 0 saturated heterocycles. The average Bonchev–Trinajstić information content (AvgIpc) is 2.37. The molecule has 0 aromatic heterocycles. The largest absolute Gasteiger partial charge is 0.496 e. The van der Waals surface area contributed by atoms with Crippen molar-refractivity contribution in [3.05, 3.63) is 23.8 Å². The zero-order valence-electron chi connectivity index (χ0n) is 11.5. The third kappa shape index (κ3) is 5.01. The van der Waals surface area contributed by atoms with Gasteiger partial charge in [0.1, 0.15) is 11.8 Å². The van der Waals surface area contributed by atoms with Gasteiger partial charge in [0.2, 0.25) is 0 Å². The number of carbonyl (C=O) groups is 3. The van der Waals surface area contributed by atoms with E-state index in [9.17, 15) is 14.4 Å². The van der Waals surface area contributed by atoms with Gasteiger partial charge in [0.15, 0.2) is 0 Å². The van der Waals surface area contributed by atoms with Gasteiger partial charge >= 0.3 is 18.0 Å². The Morgan fingerprint density at radius 1 is 1.29 bits per heavy atom. The smallest absolute Gasteiger partial charge is 0.326 e. The number of hydrogen-bond donors (Lipinski definition) is 4. The number of rotatable bonds is 6. The van der Waals surface area contributed by atoms with E-state index in [1.165, 1.54) is 7.11 Å². The van der Waals surface area contributed by atoms with Crippen LogP contribution in [0.4, 0.5) is 10.5 Å². The van der Waals surface area contributed by atoms with Gasteiger partial charge in [-0.05, 0) is 30.7 Å². The summed E-state index contributed by atoms with van der Waals surface area (Å²) in [4.78, 5) is 33.0. The number of carbonyl (C=O) groups excluding carboxylic acids is 1. The van der Waals surface area contributed by atoms with Gasteiger partial charge in [-0.2, -0.15) is 0 Å². The molecule has 114 valence electrons. The normalized spacial score (nSPS) is 11.3. The minimum atomic E-state index is -1.50. The Labute approximate surface area is 120 Å². The van der Waals surface area contributed by atoms with Crippen molar-refractivity contribution in [2.45, 2.75) is 19.4 Å². The molecule has 0 unspecified atom stereocenters. The van der Waals surface area contributed by atoms with E-state index in [-0.39, 0.29) is 0 Å². The van der Waals surface area contributed by atoms with E-state index in [0.29, 0.717) is 11.4 Å². The summed E-state index contributed by atoms with van der Waals surface area (Å²) in [6.07, 6.45) is -0.704. The van der Waals surface area contributed by atoms with Crippen LogP contribution in [0.15, 0.2) is 18.2 Å². The molecular formula is C13H16N2O6. The first-order valence-corrected chi connectivity index (χ1v) is 6.00. The van der Waals surface area contributed by atoms with Gasteiger partial charge < -0.3 is 25.6 Å². The molecule has 4 N–H and O–H groups in total. The zero-order valence-corrected chi connectivity index (χ0v) is 11.5. The van der Waals surface area contributed by atoms with Crippen LogP contribution in [0.3, 0.4) is 0 Å². The molecule has 1 atom stereocenters. The van der Waals surface area contributed by atoms with E-state index in [0.717, 1.165) is 5.56 Å². The van der Waals surface area contributed by atoms with Gasteiger partial charge in [0.25, 0.3) is 0 Å². The van der Waals surface area contributed by atoms with E-state index >= 15 is 0 Å². The third-order valence-electron chi connectivity index (χ3n) is 2.63. The summed E-state index contributed by atoms with van der Waals surface area (Å²) in [6, 6.07) is 2.58. The second-order valence-corrected chi connectivity index (χ2v) is 4.27. The van der Waals surface area contributed by atoms with Crippen molar-refractivity contribution >= 4 is 23.7 Å². The van der Waals surface area contributed by atoms with Crippen molar-refractivity contribution in [1.29, 1.82) is 0 Å². The molecule has 0 fully saturated rings. The van der Waals surface area contributed by atoms with Crippen molar-refractivity contribution < 1.29 is 29.3 Å². The maximum absolute atomic E-state index is 11.7. The summed E-state index contributed by atoms with van der Waals surface area (Å²) >= 11 is 0. The lowest BCUT2D eigenvalue weighted by atomic mass is 10.2. The number of urea groups is 1. The third-order valence-corrected chi connectivity index (χ3v) is 2.63. The molecule has 0 bridgehead atoms. The number of ether oxygens (including phenoxy) is 1. The quantitative estimate of drug-likeness (QED) is 0.622. The molecule has 1 rings (SSSR count). The predicted molar refractivity (Wildman–Crippen MR) is 73.6 cm³/mol. The molecule has 0 saturated carbocycles. The summed E-state index contributed by atoms with van der Waals surface area (Å²) in [7, 11) is 1.52. The maximum atomic E-state index is 11.7. The number of carboxylic acids is 2. The van der Waals surface area contributed by atoms with Gasteiger partial charge in [0.05, 0.1) is 13.5 Å². The SMILES string of the molecule is COc1ccc(NC(=O)N[C@@H](CC(=O)O)C(=O)O)cc1C. The van der Waals surface area contributed by atoms with E-state index in [1.807, 2.05) is 0 Å². The number of carboxylic acid groups (broad SMARTS) is 2. The van der Waals surface area contributed by atoms with Crippen LogP contribution in [-0.2, 0) is 9.59 Å². The van der Waals surface area contributed by atoms with Crippen LogP contribution in [0.25, 0.3) is 0 Å². The number of anilines is 1. The Balaban J connectivity index is 2.69. The zero-order chi connectivity index (χ0) is 16.0. The highest BCUT2D eigenvalue weighted by Gasteiger charge is 2.23. The number of amides is 2. The Kier molecular flexibility index (Phi) is 5.53. The molecule has 2 amide bonds. The van der Waals surface area contributed by atoms with Crippen LogP contribution < -0.4 is 15.4 Å². The van der Waals surface area contributed by atoms with Crippen LogP contribution in [-0.4, -0.2) is 41.3 Å². The van der Waals surface area contributed by atoms with E-state index < -0.39 is 30.4 Å². The predicted octanol–water partition coefficient (Wildman–Crippen LogP) is 1.05. The van der Waals surface area contributed by atoms with Gasteiger partial charge in [0, 0.05) is 5.69 Å². The van der Waals surface area contributed by atoms with E-state index in [1.54, 1.807) is 25.1 Å². The van der Waals surface area contributed by atoms with Crippen LogP contribution in [0.1, 0.15) is 12.0 Å². The standard InChI is InChI=1S/C13H16N2O6/c1-7-5-8(3-4-10(7)21-2)14-13(20)15-9(12(18)19)6-11(16)17/h3-5,9H,6H2,1-2H3,(H,16,17)(H,18,19)(H2,14,15,20)/t9-/m0/s1. The van der Waals surface area contributed by atoms with Crippen molar-refractivity contribution in [1.82, 2.24) is 5.32 Å². The molecular weight excluding hydrogens is 280 g/mol. The van der Waals surface area contributed by atoms with Crippen molar-refractivity contribution in [2.75, 3.05) is 12.4 Å². The average molecular weight is 296 g/mol. The summed E-state index contributed by atoms with van der Waals surface area (Å²) in [5.41, 5.74) is 1.22. The molecule has 0 heterocycles. The number of aryl methyl sites for hydroxylation is 1. The number of methoxy groups -OCH3 is 1. The van der Waals surface area contributed by atoms with Gasteiger partial charge in [-0.3, -0.25) is 4.79 Å². The molecule has 8 nitrogen and oxygen atoms in total. The highest BCUT2D eigenvalue weighted by molar-refractivity contribution is 5.93. The van der Waals surface area contributed by atoms with E-state index in [2.05, 4.69) is 10.6 Å². The molecule has 21 heavy (non-hydrogen) atoms. The molecule has 1 aromatic rings. The van der Waals surface area contributed by atoms with Crippen LogP contribution >= 0.6 is 0 Å². The highest BCUT2D eigenvalue weighted by atomic mass is 16.5. The summed E-state index contributed by atoms with van der Waals surface area (Å²) < 4.78 is 5.07. The lowest BCUT2D eigenvalue weighted by Gasteiger charge is -2.14. The second kappa shape index (κ2) is 7.13. The molecule has 0 aliphatic carbocycles. The lowest BCUT2D eigenvalue weighted by molar-refractivity contribution is -0.145. The van der Waals surface area contributed by atoms with Crippen LogP contribution in [0, 0.1) is 6.92 Å². The number of hydrogen-bond acceptors (Lipinski definition) is 4. The first-order chi connectivity index (χ1) is 9.83. The highest BCUT2D eigenvalue weighted by Crippen LogP contribution is 2.21. The Morgan fingerprint density at radius 2 is 1.95 bits per heavy atom. The Hall–Kier alpha value is -2.77. The number of nitrogens with one attached hydrogen (secondary N) is 2. The summed E-state index contributed by atoms with van der Waals surface area (Å²) in [5.74, 6) is -2.09.